The average Bonchev–Trinajstić information content (AvgIpc) is 3.07. The van der Waals surface area contributed by atoms with Crippen LogP contribution in [0.4, 0.5) is 5.88 Å². The van der Waals surface area contributed by atoms with E-state index in [0.29, 0.717) is 18.8 Å². The van der Waals surface area contributed by atoms with Crippen molar-refractivity contribution >= 4 is 23.4 Å². The van der Waals surface area contributed by atoms with Crippen LogP contribution in [0.25, 0.3) is 5.73 Å². The number of nitrogens with zero attached hydrogens (tertiary/aromatic N) is 4. The normalized spacial score (nSPS) is 15.9. The second kappa shape index (κ2) is 8.94. The first kappa shape index (κ1) is 24.4. The molecule has 1 aromatic heterocycles. The van der Waals surface area contributed by atoms with Crippen LogP contribution in [0, 0.1) is 0 Å². The van der Waals surface area contributed by atoms with Crippen LogP contribution in [0.15, 0.2) is 21.6 Å². The molecule has 0 spiro atoms. The van der Waals surface area contributed by atoms with Crippen molar-refractivity contribution in [2.24, 2.45) is 0 Å². The average molecular weight is 462 g/mol. The molecular weight excluding hydrogens is 426 g/mol. The molecule has 0 saturated carbocycles. The maximum atomic E-state index is 13.1. The topological polar surface area (TPSA) is 97.5 Å². The Hall–Kier alpha value is -2.26. The van der Waals surface area contributed by atoms with Crippen LogP contribution in [0.3, 0.4) is 0 Å². The number of nitrogens with one attached hydrogen (secondary N) is 1. The van der Waals surface area contributed by atoms with E-state index in [9.17, 15) is 9.90 Å². The molecule has 1 aliphatic rings. The van der Waals surface area contributed by atoms with Gasteiger partial charge in [-0.25, -0.2) is 0 Å². The number of phenolic OH excluding ortho intramolecular Hbond substituents is 1. The lowest BCUT2D eigenvalue weighted by Crippen LogP contribution is -2.67. The summed E-state index contributed by atoms with van der Waals surface area (Å²) in [6, 6.07) is 3.93. The maximum absolute atomic E-state index is 13.1. The lowest BCUT2D eigenvalue weighted by Gasteiger charge is -2.28. The number of likely N-dealkylation sites (N-methyl/N-ethyl adjacent to an activating group) is 1. The summed E-state index contributed by atoms with van der Waals surface area (Å²) in [6.07, 6.45) is 0. The predicted octanol–water partition coefficient (Wildman–Crippen LogP) is 3.80. The minimum atomic E-state index is -0.238. The molecule has 9 heteroatoms. The molecule has 0 amide bonds. The first-order chi connectivity index (χ1) is 14.8. The molecule has 0 atom stereocenters. The molecule has 1 saturated heterocycles. The number of piperazine rings is 1. The van der Waals surface area contributed by atoms with Crippen LogP contribution in [0.1, 0.15) is 63.2 Å². The van der Waals surface area contributed by atoms with Crippen LogP contribution in [0.2, 0.25) is 0 Å². The molecule has 1 fully saturated rings. The first-order valence-electron chi connectivity index (χ1n) is 10.9. The van der Waals surface area contributed by atoms with Crippen LogP contribution >= 0.6 is 11.8 Å². The zero-order valence-electron chi connectivity index (χ0n) is 20.2. The van der Waals surface area contributed by atoms with Crippen molar-refractivity contribution in [2.75, 3.05) is 44.0 Å². The van der Waals surface area contributed by atoms with Gasteiger partial charge in [0.25, 0.3) is 0 Å². The van der Waals surface area contributed by atoms with E-state index >= 15 is 0 Å². The number of ketones is 1. The highest BCUT2D eigenvalue weighted by molar-refractivity contribution is 8.00. The van der Waals surface area contributed by atoms with Gasteiger partial charge in [0.15, 0.2) is 0 Å². The van der Waals surface area contributed by atoms with E-state index < -0.39 is 0 Å². The molecule has 2 aromatic rings. The van der Waals surface area contributed by atoms with Crippen LogP contribution in [-0.2, 0) is 10.8 Å². The summed E-state index contributed by atoms with van der Waals surface area (Å²) < 4.78 is 5.05. The molecule has 0 unspecified atom stereocenters. The van der Waals surface area contributed by atoms with Crippen molar-refractivity contribution in [1.82, 2.24) is 10.2 Å². The lowest BCUT2D eigenvalue weighted by atomic mass is 9.79. The Morgan fingerprint density at radius 2 is 1.66 bits per heavy atom. The number of Topliss-reactive ketones (excluding diaryl/α,β-unsaturated/α-hetero) is 1. The molecule has 2 heterocycles. The molecule has 3 rings (SSSR count). The highest BCUT2D eigenvalue weighted by Crippen LogP contribution is 2.41. The minimum Gasteiger partial charge on any atom is -0.659 e. The number of aromatic hydroxyl groups is 1. The predicted molar refractivity (Wildman–Crippen MR) is 127 cm³/mol. The number of thioether (sulfide) groups is 1. The number of rotatable bonds is 5. The number of carbonyl (C=O) groups excluding carboxylic acids is 1. The Kier molecular flexibility index (Phi) is 6.81. The van der Waals surface area contributed by atoms with E-state index in [2.05, 4.69) is 58.8 Å². The molecule has 32 heavy (non-hydrogen) atoms. The highest BCUT2D eigenvalue weighted by Gasteiger charge is 2.34. The number of benzene rings is 1. The van der Waals surface area contributed by atoms with E-state index in [4.69, 9.17) is 10.3 Å². The lowest BCUT2D eigenvalue weighted by molar-refractivity contribution is -0.760. The second-order valence-corrected chi connectivity index (χ2v) is 11.5. The van der Waals surface area contributed by atoms with Crippen LogP contribution in [-0.4, -0.2) is 60.0 Å². The van der Waals surface area contributed by atoms with Crippen molar-refractivity contribution in [2.45, 2.75) is 57.3 Å². The fourth-order valence-corrected chi connectivity index (χ4v) is 4.56. The summed E-state index contributed by atoms with van der Waals surface area (Å²) in [5, 5.41) is 16.8. The first-order valence-corrected chi connectivity index (χ1v) is 11.9. The van der Waals surface area contributed by atoms with Gasteiger partial charge in [-0.3, -0.25) is 4.79 Å². The van der Waals surface area contributed by atoms with Gasteiger partial charge in [-0.1, -0.05) is 41.5 Å². The van der Waals surface area contributed by atoms with E-state index in [1.54, 1.807) is 0 Å². The van der Waals surface area contributed by atoms with Gasteiger partial charge in [0.05, 0.1) is 23.6 Å². The fourth-order valence-electron chi connectivity index (χ4n) is 3.72. The van der Waals surface area contributed by atoms with Crippen molar-refractivity contribution < 1.29 is 19.2 Å². The van der Waals surface area contributed by atoms with E-state index in [1.165, 1.54) is 16.6 Å². The summed E-state index contributed by atoms with van der Waals surface area (Å²) in [7, 11) is 2.05. The molecule has 2 N–H and O–H groups in total. The van der Waals surface area contributed by atoms with Gasteiger partial charge in [-0.15, -0.1) is 11.8 Å². The van der Waals surface area contributed by atoms with Crippen LogP contribution in [0.5, 0.6) is 5.75 Å². The van der Waals surface area contributed by atoms with Gasteiger partial charge in [0.1, 0.15) is 11.6 Å². The van der Waals surface area contributed by atoms with Gasteiger partial charge in [0.2, 0.25) is 11.1 Å². The van der Waals surface area contributed by atoms with Gasteiger partial charge in [-0.05, 0) is 30.0 Å². The summed E-state index contributed by atoms with van der Waals surface area (Å²) in [6.45, 7) is 15.5. The third-order valence-electron chi connectivity index (χ3n) is 5.71. The molecule has 0 bridgehead atoms. The Bertz CT molecular complexity index is 947. The molecule has 0 radical (unpaired) electrons. The highest BCUT2D eigenvalue weighted by atomic mass is 32.2. The molecule has 0 aliphatic carbocycles. The van der Waals surface area contributed by atoms with Crippen molar-refractivity contribution in [3.8, 4) is 5.75 Å². The van der Waals surface area contributed by atoms with Gasteiger partial charge in [0, 0.05) is 29.1 Å². The third-order valence-corrected chi connectivity index (χ3v) is 6.68. The van der Waals surface area contributed by atoms with Crippen molar-refractivity contribution in [1.29, 1.82) is 0 Å². The zero-order valence-corrected chi connectivity index (χ0v) is 21.0. The summed E-state index contributed by atoms with van der Waals surface area (Å²) in [5.74, 6) is 0.0496. The Balaban J connectivity index is 1.85. The fraction of sp³-hybridized carbons (Fsp3) is 0.609. The second-order valence-electron chi connectivity index (χ2n) is 10.5. The van der Waals surface area contributed by atoms with E-state index in [-0.39, 0.29) is 33.9 Å². The number of hydrogen-bond acceptors (Lipinski definition) is 7. The Labute approximate surface area is 194 Å². The number of hydrogen-bond donors (Lipinski definition) is 1. The quantitative estimate of drug-likeness (QED) is 0.411. The molecule has 176 valence electrons. The van der Waals surface area contributed by atoms with Gasteiger partial charge < -0.3 is 20.3 Å². The molecule has 8 nitrogen and oxygen atoms in total. The molecule has 1 aliphatic heterocycles. The van der Waals surface area contributed by atoms with Crippen molar-refractivity contribution in [3.63, 3.8) is 0 Å². The molecule has 1 aromatic carbocycles. The van der Waals surface area contributed by atoms with Crippen molar-refractivity contribution in [3.05, 3.63) is 34.7 Å². The van der Waals surface area contributed by atoms with E-state index in [1.807, 2.05) is 17.1 Å². The monoisotopic (exact) mass is 461 g/mol. The van der Waals surface area contributed by atoms with Crippen LogP contribution < -0.4 is 9.80 Å². The minimum absolute atomic E-state index is 0.152. The Morgan fingerprint density at radius 3 is 2.16 bits per heavy atom. The third kappa shape index (κ3) is 5.20. The number of carbonyl (C=O) groups is 1. The maximum Gasteiger partial charge on any atom is 0.335 e. The number of aromatic nitrogens is 2. The number of phenols is 1. The zero-order chi connectivity index (χ0) is 23.8. The summed E-state index contributed by atoms with van der Waals surface area (Å²) in [4.78, 5) is 17.7. The smallest absolute Gasteiger partial charge is 0.335 e. The van der Waals surface area contributed by atoms with Gasteiger partial charge >= 0.3 is 5.69 Å². The largest absolute Gasteiger partial charge is 0.659 e. The SMILES string of the molecule is CN1CCN([n+]2noc([NH-])c2C(=O)CSc2cc(C(C)(C)C)c(O)c(C(C)(C)C)c2)CC1. The molecular formula is C23H35N5O3S. The summed E-state index contributed by atoms with van der Waals surface area (Å²) in [5.41, 5.74) is 9.49. The van der Waals surface area contributed by atoms with Gasteiger partial charge in [-0.2, -0.15) is 5.01 Å². The Morgan fingerprint density at radius 1 is 1.12 bits per heavy atom. The summed E-state index contributed by atoms with van der Waals surface area (Å²) >= 11 is 1.41. The standard InChI is InChI=1S/C23H35N5O3S/c1-22(2,3)16-12-15(13-17(20(16)30)23(4,5)6)32-14-18(29)19-21(24)31-25-28(19)27-10-8-26(7)9-11-27/h12-13H,8-11,14H2,1-7H3,(H2-,24,25,29,30). The van der Waals surface area contributed by atoms with E-state index in [0.717, 1.165) is 29.1 Å².